The Morgan fingerprint density at radius 2 is 1.00 bits per heavy atom. The van der Waals surface area contributed by atoms with Gasteiger partial charge in [-0.3, -0.25) is 18.7 Å². The molecule has 0 fully saturated rings. The van der Waals surface area contributed by atoms with Crippen LogP contribution >= 0.6 is 0 Å². The molecule has 0 heterocycles. The second kappa shape index (κ2) is 4.31. The quantitative estimate of drug-likeness (QED) is 0.732. The first kappa shape index (κ1) is 14.5. The van der Waals surface area contributed by atoms with E-state index in [2.05, 4.69) is 0 Å². The molecule has 20 heavy (non-hydrogen) atoms. The summed E-state index contributed by atoms with van der Waals surface area (Å²) in [4.78, 5) is 21.6. The average molecular weight is 318 g/mol. The Balaban J connectivity index is 3.03. The average Bonchev–Trinajstić information content (AvgIpc) is 2.30. The topological polar surface area (TPSA) is 143 Å². The van der Waals surface area contributed by atoms with Gasteiger partial charge in [0.05, 0.1) is 11.1 Å². The van der Waals surface area contributed by atoms with Crippen LogP contribution in [0.3, 0.4) is 0 Å². The first-order chi connectivity index (χ1) is 9.03. The normalized spacial score (nSPS) is 15.3. The molecule has 8 nitrogen and oxygen atoms in total. The van der Waals surface area contributed by atoms with Crippen molar-refractivity contribution in [2.45, 2.75) is 9.79 Å². The zero-order valence-electron chi connectivity index (χ0n) is 9.47. The second-order valence-corrected chi connectivity index (χ2v) is 6.60. The van der Waals surface area contributed by atoms with Crippen LogP contribution in [0.15, 0.2) is 34.1 Å². The van der Waals surface area contributed by atoms with Crippen LogP contribution in [0, 0.1) is 0 Å². The molecule has 0 radical (unpaired) electrons. The number of hydrogen-bond donors (Lipinski definition) is 2. The molecular formula is C10H6O8S2. The molecule has 0 spiro atoms. The summed E-state index contributed by atoms with van der Waals surface area (Å²) in [5.74, 6) is -1.95. The maximum Gasteiger partial charge on any atom is 0.295 e. The smallest absolute Gasteiger partial charge is 0.289 e. The minimum absolute atomic E-state index is 0.627. The molecule has 0 aromatic heterocycles. The number of allylic oxidation sites excluding steroid dienone is 2. The van der Waals surface area contributed by atoms with E-state index >= 15 is 0 Å². The summed E-state index contributed by atoms with van der Waals surface area (Å²) in [7, 11) is -9.69. The molecule has 10 heteroatoms. The summed E-state index contributed by atoms with van der Waals surface area (Å²) in [6, 6.07) is 1.25. The minimum Gasteiger partial charge on any atom is -0.289 e. The van der Waals surface area contributed by atoms with Crippen molar-refractivity contribution in [3.05, 3.63) is 35.4 Å². The van der Waals surface area contributed by atoms with Gasteiger partial charge >= 0.3 is 0 Å². The fraction of sp³-hybridized carbons (Fsp3) is 0. The number of rotatable bonds is 2. The summed E-state index contributed by atoms with van der Waals surface area (Å²) in [6.07, 6.45) is 1.49. The maximum atomic E-state index is 11.7. The summed E-state index contributed by atoms with van der Waals surface area (Å²) in [5.41, 5.74) is -1.56. The van der Waals surface area contributed by atoms with Gasteiger partial charge in [0, 0.05) is 0 Å². The minimum atomic E-state index is -4.85. The second-order valence-electron chi connectivity index (χ2n) is 3.82. The van der Waals surface area contributed by atoms with Crippen LogP contribution in [0.25, 0.3) is 0 Å². The van der Waals surface area contributed by atoms with Gasteiger partial charge in [-0.15, -0.1) is 0 Å². The van der Waals surface area contributed by atoms with E-state index in [1.165, 1.54) is 0 Å². The van der Waals surface area contributed by atoms with Gasteiger partial charge in [0.2, 0.25) is 0 Å². The zero-order chi connectivity index (χ0) is 15.3. The molecule has 0 bridgehead atoms. The van der Waals surface area contributed by atoms with Crippen LogP contribution in [0.2, 0.25) is 0 Å². The molecule has 2 rings (SSSR count). The Morgan fingerprint density at radius 1 is 0.700 bits per heavy atom. The molecule has 0 amide bonds. The third-order valence-corrected chi connectivity index (χ3v) is 4.36. The molecule has 0 saturated carbocycles. The van der Waals surface area contributed by atoms with Crippen molar-refractivity contribution in [3.8, 4) is 0 Å². The largest absolute Gasteiger partial charge is 0.295 e. The van der Waals surface area contributed by atoms with Crippen LogP contribution in [0.4, 0.5) is 0 Å². The van der Waals surface area contributed by atoms with Crippen LogP contribution in [0.5, 0.6) is 0 Å². The van der Waals surface area contributed by atoms with E-state index in [-0.39, 0.29) is 0 Å². The highest BCUT2D eigenvalue weighted by atomic mass is 32.2. The predicted octanol–water partition coefficient (Wildman–Crippen LogP) is 0.115. The Bertz CT molecular complexity index is 801. The molecule has 0 saturated heterocycles. The Morgan fingerprint density at radius 3 is 1.25 bits per heavy atom. The molecule has 1 aliphatic rings. The van der Waals surface area contributed by atoms with Gasteiger partial charge in [0.1, 0.15) is 9.79 Å². The van der Waals surface area contributed by atoms with Gasteiger partial charge in [0.15, 0.2) is 11.6 Å². The van der Waals surface area contributed by atoms with Gasteiger partial charge in [-0.05, 0) is 24.3 Å². The van der Waals surface area contributed by atoms with Crippen molar-refractivity contribution >= 4 is 31.8 Å². The van der Waals surface area contributed by atoms with Gasteiger partial charge in [-0.25, -0.2) is 0 Å². The molecule has 0 unspecified atom stereocenters. The monoisotopic (exact) mass is 318 g/mol. The van der Waals surface area contributed by atoms with Crippen LogP contribution in [-0.2, 0) is 20.2 Å². The van der Waals surface area contributed by atoms with Crippen molar-refractivity contribution in [2.24, 2.45) is 0 Å². The van der Waals surface area contributed by atoms with E-state index in [0.717, 1.165) is 12.2 Å². The number of carbonyl (C=O) groups is 2. The molecule has 2 N–H and O–H groups in total. The van der Waals surface area contributed by atoms with E-state index in [9.17, 15) is 26.4 Å². The first-order valence-electron chi connectivity index (χ1n) is 4.92. The van der Waals surface area contributed by atoms with Gasteiger partial charge in [-0.2, -0.15) is 16.8 Å². The van der Waals surface area contributed by atoms with Gasteiger partial charge in [0.25, 0.3) is 20.2 Å². The number of fused-ring (bicyclic) bond motifs is 1. The van der Waals surface area contributed by atoms with Gasteiger partial charge < -0.3 is 0 Å². The lowest BCUT2D eigenvalue weighted by Gasteiger charge is -2.15. The van der Waals surface area contributed by atoms with Crippen molar-refractivity contribution in [3.63, 3.8) is 0 Å². The van der Waals surface area contributed by atoms with Crippen molar-refractivity contribution in [1.82, 2.24) is 0 Å². The lowest BCUT2D eigenvalue weighted by molar-refractivity contribution is 0.0989. The number of ketones is 2. The summed E-state index contributed by atoms with van der Waals surface area (Å²) in [5, 5.41) is 0. The molecule has 0 aliphatic heterocycles. The third kappa shape index (κ3) is 2.29. The zero-order valence-corrected chi connectivity index (χ0v) is 11.1. The summed E-state index contributed by atoms with van der Waals surface area (Å²) in [6.45, 7) is 0. The van der Waals surface area contributed by atoms with Crippen LogP contribution in [0.1, 0.15) is 20.7 Å². The first-order valence-corrected chi connectivity index (χ1v) is 7.80. The lowest BCUT2D eigenvalue weighted by Crippen LogP contribution is -2.20. The van der Waals surface area contributed by atoms with E-state index in [1.54, 1.807) is 0 Å². The van der Waals surface area contributed by atoms with Crippen LogP contribution < -0.4 is 0 Å². The highest BCUT2D eigenvalue weighted by Crippen LogP contribution is 2.30. The van der Waals surface area contributed by atoms with Crippen molar-refractivity contribution in [1.29, 1.82) is 0 Å². The number of hydrogen-bond acceptors (Lipinski definition) is 6. The fourth-order valence-electron chi connectivity index (χ4n) is 1.80. The highest BCUT2D eigenvalue weighted by Gasteiger charge is 2.33. The van der Waals surface area contributed by atoms with Crippen LogP contribution in [-0.4, -0.2) is 37.5 Å². The molecular weight excluding hydrogens is 312 g/mol. The molecule has 1 aromatic carbocycles. The predicted molar refractivity (Wildman–Crippen MR) is 63.9 cm³/mol. The Hall–Kier alpha value is -1.88. The Labute approximate surface area is 113 Å². The van der Waals surface area contributed by atoms with Gasteiger partial charge in [-0.1, -0.05) is 0 Å². The SMILES string of the molecule is O=C1C=CC(=O)c2c(S(=O)(=O)O)ccc(S(=O)(=O)O)c21. The molecule has 106 valence electrons. The molecule has 1 aromatic rings. The summed E-state index contributed by atoms with van der Waals surface area (Å²) >= 11 is 0. The highest BCUT2D eigenvalue weighted by molar-refractivity contribution is 7.86. The molecule has 0 atom stereocenters. The number of carbonyl (C=O) groups excluding carboxylic acids is 2. The third-order valence-electron chi connectivity index (χ3n) is 2.56. The molecule has 1 aliphatic carbocycles. The summed E-state index contributed by atoms with van der Waals surface area (Å²) < 4.78 is 62.7. The lowest BCUT2D eigenvalue weighted by atomic mass is 9.95. The van der Waals surface area contributed by atoms with E-state index in [0.29, 0.717) is 12.1 Å². The number of benzene rings is 1. The maximum absolute atomic E-state index is 11.7. The van der Waals surface area contributed by atoms with E-state index in [1.807, 2.05) is 0 Å². The van der Waals surface area contributed by atoms with Crippen molar-refractivity contribution < 1.29 is 35.5 Å². The van der Waals surface area contributed by atoms with Crippen molar-refractivity contribution in [2.75, 3.05) is 0 Å². The van der Waals surface area contributed by atoms with E-state index < -0.39 is 52.7 Å². The fourth-order valence-corrected chi connectivity index (χ4v) is 3.20. The standard InChI is InChI=1S/C10H6O8S2/c11-5-1-2-6(12)10-8(20(16,17)18)4-3-7(9(5)10)19(13,14)15/h1-4H,(H,13,14,15)(H,16,17,18). The van der Waals surface area contributed by atoms with E-state index in [4.69, 9.17) is 9.11 Å². The Kier molecular flexibility index (Phi) is 3.13.